The highest BCUT2D eigenvalue weighted by Crippen LogP contribution is 2.09. The standard InChI is InChI=1S/C12H19N3O/c1-10(16)12-9-11(13-14-12)5-8-15-6-3-2-4-7-15/h9H,2-8H2,1H3,(H,13,14). The van der Waals surface area contributed by atoms with Crippen LogP contribution in [-0.4, -0.2) is 40.5 Å². The van der Waals surface area contributed by atoms with E-state index in [-0.39, 0.29) is 5.78 Å². The first-order valence-electron chi connectivity index (χ1n) is 6.03. The van der Waals surface area contributed by atoms with Crippen LogP contribution in [0, 0.1) is 0 Å². The van der Waals surface area contributed by atoms with Gasteiger partial charge in [0.15, 0.2) is 5.78 Å². The maximum absolute atomic E-state index is 11.1. The van der Waals surface area contributed by atoms with Crippen molar-refractivity contribution >= 4 is 5.78 Å². The van der Waals surface area contributed by atoms with Gasteiger partial charge in [-0.2, -0.15) is 5.10 Å². The van der Waals surface area contributed by atoms with E-state index in [9.17, 15) is 4.79 Å². The number of hydrogen-bond acceptors (Lipinski definition) is 3. The molecule has 1 saturated heterocycles. The summed E-state index contributed by atoms with van der Waals surface area (Å²) in [6.07, 6.45) is 4.97. The molecule has 1 N–H and O–H groups in total. The number of aromatic nitrogens is 2. The minimum Gasteiger partial charge on any atom is -0.303 e. The van der Waals surface area contributed by atoms with Gasteiger partial charge in [0, 0.05) is 25.6 Å². The summed E-state index contributed by atoms with van der Waals surface area (Å²) in [6.45, 7) is 5.05. The van der Waals surface area contributed by atoms with Gasteiger partial charge in [0.05, 0.1) is 0 Å². The molecule has 0 spiro atoms. The molecule has 0 saturated carbocycles. The molecule has 16 heavy (non-hydrogen) atoms. The summed E-state index contributed by atoms with van der Waals surface area (Å²) in [7, 11) is 0. The van der Waals surface area contributed by atoms with Gasteiger partial charge in [0.1, 0.15) is 5.69 Å². The minimum absolute atomic E-state index is 0.0282. The fourth-order valence-electron chi connectivity index (χ4n) is 2.13. The molecule has 0 atom stereocenters. The van der Waals surface area contributed by atoms with Crippen LogP contribution in [0.2, 0.25) is 0 Å². The SMILES string of the molecule is CC(=O)c1cc(CCN2CCCCC2)[nH]n1. The van der Waals surface area contributed by atoms with Gasteiger partial charge in [-0.3, -0.25) is 9.89 Å². The van der Waals surface area contributed by atoms with Crippen LogP contribution in [0.25, 0.3) is 0 Å². The quantitative estimate of drug-likeness (QED) is 0.786. The molecule has 0 unspecified atom stereocenters. The van der Waals surface area contributed by atoms with Gasteiger partial charge in [0.2, 0.25) is 0 Å². The predicted molar refractivity (Wildman–Crippen MR) is 62.6 cm³/mol. The van der Waals surface area contributed by atoms with E-state index in [4.69, 9.17) is 0 Å². The number of hydrogen-bond donors (Lipinski definition) is 1. The normalized spacial score (nSPS) is 17.6. The van der Waals surface area contributed by atoms with E-state index in [2.05, 4.69) is 15.1 Å². The largest absolute Gasteiger partial charge is 0.303 e. The van der Waals surface area contributed by atoms with Crippen molar-refractivity contribution in [2.24, 2.45) is 0 Å². The molecule has 88 valence electrons. The third-order valence-electron chi connectivity index (χ3n) is 3.14. The Morgan fingerprint density at radius 1 is 1.44 bits per heavy atom. The first kappa shape index (κ1) is 11.3. The molecule has 1 aliphatic rings. The molecule has 1 aromatic rings. The van der Waals surface area contributed by atoms with E-state index >= 15 is 0 Å². The lowest BCUT2D eigenvalue weighted by Gasteiger charge is -2.25. The molecule has 1 fully saturated rings. The number of carbonyl (C=O) groups excluding carboxylic acids is 1. The number of piperidine rings is 1. The van der Waals surface area contributed by atoms with Gasteiger partial charge < -0.3 is 4.90 Å². The lowest BCUT2D eigenvalue weighted by molar-refractivity contribution is 0.101. The number of rotatable bonds is 4. The first-order chi connectivity index (χ1) is 7.75. The van der Waals surface area contributed by atoms with Crippen molar-refractivity contribution in [2.75, 3.05) is 19.6 Å². The van der Waals surface area contributed by atoms with Crippen LogP contribution in [0.4, 0.5) is 0 Å². The summed E-state index contributed by atoms with van der Waals surface area (Å²) in [6, 6.07) is 1.87. The molecular formula is C12H19N3O. The van der Waals surface area contributed by atoms with E-state index in [1.54, 1.807) is 6.92 Å². The minimum atomic E-state index is 0.0282. The molecule has 1 aromatic heterocycles. The number of likely N-dealkylation sites (tertiary alicyclic amines) is 1. The highest BCUT2D eigenvalue weighted by Gasteiger charge is 2.11. The number of aromatic amines is 1. The van der Waals surface area contributed by atoms with E-state index in [1.807, 2.05) is 6.07 Å². The third-order valence-corrected chi connectivity index (χ3v) is 3.14. The maximum atomic E-state index is 11.1. The van der Waals surface area contributed by atoms with Gasteiger partial charge in [-0.05, 0) is 32.0 Å². The zero-order chi connectivity index (χ0) is 11.4. The van der Waals surface area contributed by atoms with Crippen molar-refractivity contribution in [1.29, 1.82) is 0 Å². The van der Waals surface area contributed by atoms with Crippen molar-refractivity contribution in [3.8, 4) is 0 Å². The summed E-state index contributed by atoms with van der Waals surface area (Å²) in [5.41, 5.74) is 1.62. The lowest BCUT2D eigenvalue weighted by Crippen LogP contribution is -2.31. The molecule has 2 heterocycles. The number of carbonyl (C=O) groups is 1. The average Bonchev–Trinajstić information content (AvgIpc) is 2.76. The summed E-state index contributed by atoms with van der Waals surface area (Å²) >= 11 is 0. The number of ketones is 1. The molecule has 4 heteroatoms. The zero-order valence-corrected chi connectivity index (χ0v) is 9.83. The number of Topliss-reactive ketones (excluding diaryl/α,β-unsaturated/α-hetero) is 1. The van der Waals surface area contributed by atoms with Crippen molar-refractivity contribution in [3.63, 3.8) is 0 Å². The Balaban J connectivity index is 1.81. The van der Waals surface area contributed by atoms with Gasteiger partial charge in [-0.25, -0.2) is 0 Å². The van der Waals surface area contributed by atoms with E-state index in [0.29, 0.717) is 5.69 Å². The van der Waals surface area contributed by atoms with Gasteiger partial charge in [-0.1, -0.05) is 6.42 Å². The van der Waals surface area contributed by atoms with Gasteiger partial charge in [0.25, 0.3) is 0 Å². The van der Waals surface area contributed by atoms with Crippen molar-refractivity contribution in [1.82, 2.24) is 15.1 Å². The number of H-pyrrole nitrogens is 1. The highest BCUT2D eigenvalue weighted by molar-refractivity contribution is 5.92. The zero-order valence-electron chi connectivity index (χ0n) is 9.83. The smallest absolute Gasteiger partial charge is 0.179 e. The maximum Gasteiger partial charge on any atom is 0.179 e. The Labute approximate surface area is 96.0 Å². The Morgan fingerprint density at radius 2 is 2.19 bits per heavy atom. The van der Waals surface area contributed by atoms with Crippen LogP contribution in [0.15, 0.2) is 6.07 Å². The summed E-state index contributed by atoms with van der Waals surface area (Å²) in [5, 5.41) is 6.92. The van der Waals surface area contributed by atoms with Gasteiger partial charge in [-0.15, -0.1) is 0 Å². The van der Waals surface area contributed by atoms with E-state index in [0.717, 1.165) is 18.7 Å². The second kappa shape index (κ2) is 5.25. The summed E-state index contributed by atoms with van der Waals surface area (Å²) < 4.78 is 0. The Hall–Kier alpha value is -1.16. The molecule has 0 aromatic carbocycles. The fourth-order valence-corrected chi connectivity index (χ4v) is 2.13. The lowest BCUT2D eigenvalue weighted by atomic mass is 10.1. The van der Waals surface area contributed by atoms with Gasteiger partial charge >= 0.3 is 0 Å². The van der Waals surface area contributed by atoms with Crippen molar-refractivity contribution < 1.29 is 4.79 Å². The molecule has 0 aliphatic carbocycles. The van der Waals surface area contributed by atoms with Crippen LogP contribution < -0.4 is 0 Å². The molecule has 4 nitrogen and oxygen atoms in total. The topological polar surface area (TPSA) is 49.0 Å². The summed E-state index contributed by atoms with van der Waals surface area (Å²) in [4.78, 5) is 13.6. The van der Waals surface area contributed by atoms with Crippen LogP contribution in [0.5, 0.6) is 0 Å². The van der Waals surface area contributed by atoms with Crippen molar-refractivity contribution in [2.45, 2.75) is 32.6 Å². The summed E-state index contributed by atoms with van der Waals surface area (Å²) in [5.74, 6) is 0.0282. The van der Waals surface area contributed by atoms with E-state index < -0.39 is 0 Å². The van der Waals surface area contributed by atoms with Crippen LogP contribution in [-0.2, 0) is 6.42 Å². The van der Waals surface area contributed by atoms with E-state index in [1.165, 1.54) is 32.4 Å². The number of nitrogens with zero attached hydrogens (tertiary/aromatic N) is 2. The molecule has 0 amide bonds. The second-order valence-corrected chi connectivity index (χ2v) is 4.49. The number of nitrogens with one attached hydrogen (secondary N) is 1. The Bertz CT molecular complexity index is 353. The molecule has 1 aliphatic heterocycles. The Morgan fingerprint density at radius 3 is 2.81 bits per heavy atom. The molecule has 0 bridgehead atoms. The first-order valence-corrected chi connectivity index (χ1v) is 6.03. The highest BCUT2D eigenvalue weighted by atomic mass is 16.1. The van der Waals surface area contributed by atoms with Crippen LogP contribution >= 0.6 is 0 Å². The molecule has 0 radical (unpaired) electrons. The third kappa shape index (κ3) is 2.92. The monoisotopic (exact) mass is 221 g/mol. The van der Waals surface area contributed by atoms with Crippen LogP contribution in [0.3, 0.4) is 0 Å². The van der Waals surface area contributed by atoms with Crippen molar-refractivity contribution in [3.05, 3.63) is 17.5 Å². The average molecular weight is 221 g/mol. The van der Waals surface area contributed by atoms with Crippen LogP contribution in [0.1, 0.15) is 42.4 Å². The molecular weight excluding hydrogens is 202 g/mol. The second-order valence-electron chi connectivity index (χ2n) is 4.49. The fraction of sp³-hybridized carbons (Fsp3) is 0.667. The predicted octanol–water partition coefficient (Wildman–Crippen LogP) is 1.64. The molecule has 2 rings (SSSR count). The Kier molecular flexibility index (Phi) is 3.72.